The summed E-state index contributed by atoms with van der Waals surface area (Å²) in [6.07, 6.45) is 2.82. The van der Waals surface area contributed by atoms with E-state index in [1.807, 2.05) is 24.3 Å². The zero-order valence-corrected chi connectivity index (χ0v) is 16.4. The Kier molecular flexibility index (Phi) is 6.31. The highest BCUT2D eigenvalue weighted by molar-refractivity contribution is 6.25. The average molecular weight is 402 g/mol. The van der Waals surface area contributed by atoms with Crippen LogP contribution in [-0.2, 0) is 4.79 Å². The molecule has 1 saturated heterocycles. The van der Waals surface area contributed by atoms with E-state index >= 15 is 0 Å². The zero-order chi connectivity index (χ0) is 18.8. The van der Waals surface area contributed by atoms with Gasteiger partial charge in [0, 0.05) is 42.1 Å². The summed E-state index contributed by atoms with van der Waals surface area (Å²) in [5, 5.41) is 7.91. The molecule has 0 radical (unpaired) electrons. The van der Waals surface area contributed by atoms with E-state index in [0.29, 0.717) is 24.0 Å². The Bertz CT molecular complexity index is 858. The van der Waals surface area contributed by atoms with Gasteiger partial charge in [0.1, 0.15) is 0 Å². The maximum Gasteiger partial charge on any atom is 0.261 e. The predicted molar refractivity (Wildman–Crippen MR) is 110 cm³/mol. The quantitative estimate of drug-likeness (QED) is 0.754. The Morgan fingerprint density at radius 1 is 1.11 bits per heavy atom. The average Bonchev–Trinajstić information content (AvgIpc) is 2.69. The molecule has 2 aromatic carbocycles. The summed E-state index contributed by atoms with van der Waals surface area (Å²) in [5.41, 5.74) is 1.11. The molecule has 3 amide bonds. The minimum Gasteiger partial charge on any atom is -0.352 e. The van der Waals surface area contributed by atoms with Crippen LogP contribution >= 0.6 is 12.4 Å². The number of hydrogen-bond acceptors (Lipinski definition) is 4. The first-order chi connectivity index (χ1) is 13.1. The highest BCUT2D eigenvalue weighted by Gasteiger charge is 2.32. The largest absolute Gasteiger partial charge is 0.352 e. The molecule has 6 nitrogen and oxygen atoms in total. The van der Waals surface area contributed by atoms with Crippen molar-refractivity contribution in [3.63, 3.8) is 0 Å². The molecule has 1 unspecified atom stereocenters. The highest BCUT2D eigenvalue weighted by Crippen LogP contribution is 2.30. The number of hydrogen-bond donors (Lipinski definition) is 2. The number of imide groups is 1. The van der Waals surface area contributed by atoms with Gasteiger partial charge < -0.3 is 10.6 Å². The minimum absolute atomic E-state index is 0. The van der Waals surface area contributed by atoms with Crippen molar-refractivity contribution in [2.45, 2.75) is 31.7 Å². The van der Waals surface area contributed by atoms with Crippen molar-refractivity contribution in [1.29, 1.82) is 0 Å². The molecule has 2 aliphatic heterocycles. The molecule has 28 heavy (non-hydrogen) atoms. The van der Waals surface area contributed by atoms with Crippen molar-refractivity contribution in [3.05, 3.63) is 47.5 Å². The van der Waals surface area contributed by atoms with Crippen LogP contribution in [0.2, 0.25) is 0 Å². The molecule has 0 spiro atoms. The third-order valence-corrected chi connectivity index (χ3v) is 5.30. The van der Waals surface area contributed by atoms with Gasteiger partial charge in [0.2, 0.25) is 5.91 Å². The molecular weight excluding hydrogens is 378 g/mol. The zero-order valence-electron chi connectivity index (χ0n) is 15.6. The number of amides is 3. The van der Waals surface area contributed by atoms with Crippen molar-refractivity contribution in [2.24, 2.45) is 0 Å². The first-order valence-electron chi connectivity index (χ1n) is 9.53. The fourth-order valence-electron chi connectivity index (χ4n) is 3.96. The number of nitrogens with one attached hydrogen (secondary N) is 2. The van der Waals surface area contributed by atoms with Gasteiger partial charge >= 0.3 is 0 Å². The third kappa shape index (κ3) is 3.88. The van der Waals surface area contributed by atoms with Gasteiger partial charge in [-0.1, -0.05) is 24.3 Å². The van der Waals surface area contributed by atoms with Crippen LogP contribution in [0.25, 0.3) is 10.8 Å². The van der Waals surface area contributed by atoms with Crippen LogP contribution in [0.4, 0.5) is 0 Å². The number of carbonyl (C=O) groups excluding carboxylic acids is 3. The Morgan fingerprint density at radius 2 is 1.79 bits per heavy atom. The molecule has 2 N–H and O–H groups in total. The van der Waals surface area contributed by atoms with E-state index in [-0.39, 0.29) is 42.7 Å². The van der Waals surface area contributed by atoms with Gasteiger partial charge in [-0.25, -0.2) is 0 Å². The second-order valence-electron chi connectivity index (χ2n) is 7.19. The Morgan fingerprint density at radius 3 is 2.39 bits per heavy atom. The third-order valence-electron chi connectivity index (χ3n) is 5.30. The van der Waals surface area contributed by atoms with Crippen molar-refractivity contribution < 1.29 is 14.4 Å². The number of halogens is 1. The van der Waals surface area contributed by atoms with Crippen molar-refractivity contribution in [3.8, 4) is 0 Å². The van der Waals surface area contributed by atoms with E-state index in [1.165, 1.54) is 4.90 Å². The molecule has 148 valence electrons. The second kappa shape index (κ2) is 8.71. The Hall–Kier alpha value is -2.44. The predicted octanol–water partition coefficient (Wildman–Crippen LogP) is 2.51. The lowest BCUT2D eigenvalue weighted by atomic mass is 9.94. The van der Waals surface area contributed by atoms with Crippen LogP contribution in [0.5, 0.6) is 0 Å². The number of carbonyl (C=O) groups is 3. The molecule has 4 rings (SSSR count). The van der Waals surface area contributed by atoms with Gasteiger partial charge in [-0.2, -0.15) is 0 Å². The number of piperidine rings is 1. The number of rotatable bonds is 5. The highest BCUT2D eigenvalue weighted by atomic mass is 35.5. The van der Waals surface area contributed by atoms with Gasteiger partial charge in [0.15, 0.2) is 0 Å². The van der Waals surface area contributed by atoms with E-state index < -0.39 is 0 Å². The lowest BCUT2D eigenvalue weighted by Gasteiger charge is -2.27. The van der Waals surface area contributed by atoms with Crippen LogP contribution in [-0.4, -0.2) is 48.3 Å². The molecular formula is C21H24ClN3O3. The maximum absolute atomic E-state index is 12.8. The molecule has 1 fully saturated rings. The summed E-state index contributed by atoms with van der Waals surface area (Å²) < 4.78 is 0. The SMILES string of the molecule is Cl.O=C(CCCN1C(=O)c2cccc3cccc(c23)C1=O)NC1CCCNC1. The first-order valence-corrected chi connectivity index (χ1v) is 9.53. The summed E-state index contributed by atoms with van der Waals surface area (Å²) in [6, 6.07) is 11.2. The van der Waals surface area contributed by atoms with Gasteiger partial charge in [-0.15, -0.1) is 12.4 Å². The summed E-state index contributed by atoms with van der Waals surface area (Å²) >= 11 is 0. The van der Waals surface area contributed by atoms with E-state index in [0.717, 1.165) is 36.7 Å². The molecule has 0 saturated carbocycles. The van der Waals surface area contributed by atoms with Crippen LogP contribution in [0, 0.1) is 0 Å². The molecule has 1 atom stereocenters. The van der Waals surface area contributed by atoms with Gasteiger partial charge in [0.25, 0.3) is 11.8 Å². The molecule has 0 aromatic heterocycles. The fourth-order valence-corrected chi connectivity index (χ4v) is 3.96. The summed E-state index contributed by atoms with van der Waals surface area (Å²) in [5.74, 6) is -0.578. The van der Waals surface area contributed by atoms with Crippen molar-refractivity contribution >= 4 is 40.9 Å². The lowest BCUT2D eigenvalue weighted by Crippen LogP contribution is -2.46. The number of nitrogens with zero attached hydrogens (tertiary/aromatic N) is 1. The Balaban J connectivity index is 0.00000225. The summed E-state index contributed by atoms with van der Waals surface area (Å²) in [7, 11) is 0. The monoisotopic (exact) mass is 401 g/mol. The fraction of sp³-hybridized carbons (Fsp3) is 0.381. The molecule has 2 heterocycles. The minimum atomic E-state index is -0.277. The van der Waals surface area contributed by atoms with Crippen LogP contribution in [0.15, 0.2) is 36.4 Å². The summed E-state index contributed by atoms with van der Waals surface area (Å²) in [4.78, 5) is 39.0. The standard InChI is InChI=1S/C21H23N3O3.ClH/c25-18(23-15-7-3-11-22-13-15)10-4-12-24-20(26)16-8-1-5-14-6-2-9-17(19(14)16)21(24)27;/h1-2,5-6,8-9,15,22H,3-4,7,10-13H2,(H,23,25);1H. The molecule has 7 heteroatoms. The van der Waals surface area contributed by atoms with Crippen LogP contribution in [0.1, 0.15) is 46.4 Å². The second-order valence-corrected chi connectivity index (χ2v) is 7.19. The topological polar surface area (TPSA) is 78.5 Å². The van der Waals surface area contributed by atoms with E-state index in [1.54, 1.807) is 12.1 Å². The normalized spacial score (nSPS) is 18.7. The molecule has 2 aromatic rings. The van der Waals surface area contributed by atoms with Crippen molar-refractivity contribution in [2.75, 3.05) is 19.6 Å². The maximum atomic E-state index is 12.8. The van der Waals surface area contributed by atoms with Gasteiger partial charge in [-0.05, 0) is 43.3 Å². The van der Waals surface area contributed by atoms with Crippen LogP contribution < -0.4 is 10.6 Å². The smallest absolute Gasteiger partial charge is 0.261 e. The lowest BCUT2D eigenvalue weighted by molar-refractivity contribution is -0.122. The number of benzene rings is 2. The van der Waals surface area contributed by atoms with Gasteiger partial charge in [-0.3, -0.25) is 19.3 Å². The molecule has 2 aliphatic rings. The molecule has 0 bridgehead atoms. The van der Waals surface area contributed by atoms with Crippen LogP contribution in [0.3, 0.4) is 0 Å². The van der Waals surface area contributed by atoms with Gasteiger partial charge in [0.05, 0.1) is 0 Å². The van der Waals surface area contributed by atoms with E-state index in [4.69, 9.17) is 0 Å². The first kappa shape index (κ1) is 20.3. The Labute approximate surface area is 170 Å². The van der Waals surface area contributed by atoms with Crippen molar-refractivity contribution in [1.82, 2.24) is 15.5 Å². The van der Waals surface area contributed by atoms with E-state index in [2.05, 4.69) is 10.6 Å². The molecule has 0 aliphatic carbocycles. The van der Waals surface area contributed by atoms with E-state index in [9.17, 15) is 14.4 Å². The summed E-state index contributed by atoms with van der Waals surface area (Å²) in [6.45, 7) is 2.05.